The van der Waals surface area contributed by atoms with E-state index in [0.717, 1.165) is 11.8 Å². The van der Waals surface area contributed by atoms with Crippen LogP contribution in [0.1, 0.15) is 40.5 Å². The van der Waals surface area contributed by atoms with Gasteiger partial charge in [0.05, 0.1) is 0 Å². The van der Waals surface area contributed by atoms with Crippen molar-refractivity contribution in [2.24, 2.45) is 11.8 Å². The molecule has 0 atom stereocenters. The van der Waals surface area contributed by atoms with Crippen LogP contribution in [0.3, 0.4) is 0 Å². The van der Waals surface area contributed by atoms with E-state index in [-0.39, 0.29) is 0 Å². The van der Waals surface area contributed by atoms with Crippen LogP contribution in [0.25, 0.3) is 0 Å². The molecule has 64 valence electrons. The molecule has 1 heteroatoms. The summed E-state index contributed by atoms with van der Waals surface area (Å²) >= 11 is 3.53. The Morgan fingerprint density at radius 1 is 1.00 bits per heavy atom. The Morgan fingerprint density at radius 3 is 1.30 bits per heavy atom. The van der Waals surface area contributed by atoms with Gasteiger partial charge in [-0.15, -0.1) is 0 Å². The molecule has 0 aromatic rings. The predicted octanol–water partition coefficient (Wildman–Crippen LogP) is 3.62. The number of rotatable bonds is 3. The van der Waals surface area contributed by atoms with Crippen molar-refractivity contribution in [3.8, 4) is 0 Å². The first-order valence-corrected chi connectivity index (χ1v) is 5.06. The van der Waals surface area contributed by atoms with Crippen LogP contribution in [0.2, 0.25) is 0 Å². The second-order valence-electron chi connectivity index (χ2n) is 2.82. The van der Waals surface area contributed by atoms with Crippen LogP contribution in [0, 0.1) is 11.8 Å². The summed E-state index contributed by atoms with van der Waals surface area (Å²) in [6.45, 7) is 9.15. The second kappa shape index (κ2) is 9.35. The molecule has 0 radical (unpaired) electrons. The van der Waals surface area contributed by atoms with E-state index >= 15 is 0 Å². The minimum absolute atomic E-state index is 0.880. The maximum absolute atomic E-state index is 3.53. The molecule has 0 heterocycles. The van der Waals surface area contributed by atoms with E-state index < -0.39 is 0 Å². The first-order valence-electron chi connectivity index (χ1n) is 4.17. The van der Waals surface area contributed by atoms with E-state index in [1.54, 1.807) is 6.26 Å². The van der Waals surface area contributed by atoms with Gasteiger partial charge in [-0.3, -0.25) is 0 Å². The molecule has 10 heavy (non-hydrogen) atoms. The molecule has 0 amide bonds. The molecular formula is C9H22S. The van der Waals surface area contributed by atoms with E-state index in [2.05, 4.69) is 40.3 Å². The molecule has 0 unspecified atom stereocenters. The van der Waals surface area contributed by atoms with E-state index in [1.807, 2.05) is 0 Å². The fourth-order valence-electron chi connectivity index (χ4n) is 1.23. The maximum atomic E-state index is 3.53. The van der Waals surface area contributed by atoms with Crippen LogP contribution < -0.4 is 0 Å². The van der Waals surface area contributed by atoms with Gasteiger partial charge in [-0.25, -0.2) is 0 Å². The zero-order valence-electron chi connectivity index (χ0n) is 8.02. The minimum Gasteiger partial charge on any atom is -0.183 e. The molecule has 0 aliphatic rings. The van der Waals surface area contributed by atoms with Gasteiger partial charge in [-0.2, -0.15) is 12.6 Å². The smallest absolute Gasteiger partial charge is 0.0215 e. The highest BCUT2D eigenvalue weighted by atomic mass is 32.1. The summed E-state index contributed by atoms with van der Waals surface area (Å²) in [6.07, 6.45) is 4.38. The monoisotopic (exact) mass is 162 g/mol. The molecule has 0 spiro atoms. The van der Waals surface area contributed by atoms with E-state index in [4.69, 9.17) is 0 Å². The lowest BCUT2D eigenvalue weighted by molar-refractivity contribution is 0.362. The van der Waals surface area contributed by atoms with E-state index in [0.29, 0.717) is 0 Å². The van der Waals surface area contributed by atoms with Gasteiger partial charge in [0.2, 0.25) is 0 Å². The molecule has 0 aliphatic carbocycles. The largest absolute Gasteiger partial charge is 0.183 e. The molecule has 0 fully saturated rings. The quantitative estimate of drug-likeness (QED) is 0.602. The number of hydrogen-bond donors (Lipinski definition) is 1. The molecule has 0 aromatic carbocycles. The summed E-state index contributed by atoms with van der Waals surface area (Å²) in [5.74, 6) is 1.83. The normalized spacial score (nSPS) is 9.60. The minimum atomic E-state index is 0.880. The average molecular weight is 162 g/mol. The molecule has 0 saturated carbocycles. The third kappa shape index (κ3) is 6.47. The van der Waals surface area contributed by atoms with Gasteiger partial charge in [-0.1, -0.05) is 40.5 Å². The third-order valence-corrected chi connectivity index (χ3v) is 1.99. The molecule has 0 rings (SSSR count). The highest BCUT2D eigenvalue weighted by Gasteiger charge is 2.06. The van der Waals surface area contributed by atoms with Crippen molar-refractivity contribution in [1.29, 1.82) is 0 Å². The Bertz CT molecular complexity index is 46.7. The Kier molecular flexibility index (Phi) is 12.1. The summed E-state index contributed by atoms with van der Waals surface area (Å²) in [7, 11) is 0. The highest BCUT2D eigenvalue weighted by molar-refractivity contribution is 7.79. The maximum Gasteiger partial charge on any atom is -0.0215 e. The molecule has 0 aromatic heterocycles. The fourth-order valence-corrected chi connectivity index (χ4v) is 1.23. The summed E-state index contributed by atoms with van der Waals surface area (Å²) in [5, 5.41) is 0. The lowest BCUT2D eigenvalue weighted by atomic mass is 9.91. The van der Waals surface area contributed by atoms with Crippen LogP contribution in [0.15, 0.2) is 0 Å². The van der Waals surface area contributed by atoms with Gasteiger partial charge >= 0.3 is 0 Å². The Balaban J connectivity index is 0. The Labute approximate surface area is 71.8 Å². The molecular weight excluding hydrogens is 140 g/mol. The van der Waals surface area contributed by atoms with Gasteiger partial charge in [-0.05, 0) is 18.1 Å². The topological polar surface area (TPSA) is 0 Å². The average Bonchev–Trinajstić information content (AvgIpc) is 1.94. The zero-order valence-corrected chi connectivity index (χ0v) is 8.91. The van der Waals surface area contributed by atoms with Gasteiger partial charge in [0, 0.05) is 0 Å². The van der Waals surface area contributed by atoms with Crippen LogP contribution in [-0.2, 0) is 0 Å². The fraction of sp³-hybridized carbons (Fsp3) is 1.00. The molecule has 0 N–H and O–H groups in total. The highest BCUT2D eigenvalue weighted by Crippen LogP contribution is 2.17. The Morgan fingerprint density at radius 2 is 1.30 bits per heavy atom. The third-order valence-electron chi connectivity index (χ3n) is 1.99. The van der Waals surface area contributed by atoms with Crippen molar-refractivity contribution >= 4 is 12.6 Å². The summed E-state index contributed by atoms with van der Waals surface area (Å²) < 4.78 is 0. The van der Waals surface area contributed by atoms with Gasteiger partial charge in [0.15, 0.2) is 0 Å². The van der Waals surface area contributed by atoms with Crippen LogP contribution in [0.4, 0.5) is 0 Å². The molecule has 0 nitrogen and oxygen atoms in total. The first-order chi connectivity index (χ1) is 4.72. The molecule has 0 aliphatic heterocycles. The number of thiol groups is 1. The van der Waals surface area contributed by atoms with Crippen molar-refractivity contribution in [3.05, 3.63) is 0 Å². The molecule has 0 saturated heterocycles. The number of hydrogen-bond acceptors (Lipinski definition) is 1. The van der Waals surface area contributed by atoms with Crippen molar-refractivity contribution in [2.75, 3.05) is 6.26 Å². The summed E-state index contributed by atoms with van der Waals surface area (Å²) in [4.78, 5) is 0. The van der Waals surface area contributed by atoms with Crippen LogP contribution in [-0.4, -0.2) is 6.26 Å². The Hall–Kier alpha value is 0.350. The predicted molar refractivity (Wildman–Crippen MR) is 53.8 cm³/mol. The van der Waals surface area contributed by atoms with Crippen molar-refractivity contribution in [3.63, 3.8) is 0 Å². The summed E-state index contributed by atoms with van der Waals surface area (Å²) in [6, 6.07) is 0. The van der Waals surface area contributed by atoms with E-state index in [9.17, 15) is 0 Å². The van der Waals surface area contributed by atoms with Crippen LogP contribution in [0.5, 0.6) is 0 Å². The van der Waals surface area contributed by atoms with Crippen LogP contribution >= 0.6 is 12.6 Å². The standard InChI is InChI=1S/C8H18.CH4S/c1-5-8(6-2)7(3)4;1-2/h7-8H,5-6H2,1-4H3;2H,1H3. The lowest BCUT2D eigenvalue weighted by Gasteiger charge is -2.15. The summed E-state index contributed by atoms with van der Waals surface area (Å²) in [5.41, 5.74) is 0. The van der Waals surface area contributed by atoms with Crippen molar-refractivity contribution in [1.82, 2.24) is 0 Å². The second-order valence-corrected chi connectivity index (χ2v) is 2.82. The van der Waals surface area contributed by atoms with Gasteiger partial charge in [0.1, 0.15) is 0 Å². The van der Waals surface area contributed by atoms with E-state index in [1.165, 1.54) is 12.8 Å². The lowest BCUT2D eigenvalue weighted by Crippen LogP contribution is -2.04. The van der Waals surface area contributed by atoms with Crippen molar-refractivity contribution in [2.45, 2.75) is 40.5 Å². The zero-order chi connectivity index (χ0) is 8.57. The van der Waals surface area contributed by atoms with Crippen molar-refractivity contribution < 1.29 is 0 Å². The van der Waals surface area contributed by atoms with Gasteiger partial charge < -0.3 is 0 Å². The first kappa shape index (κ1) is 13.0. The SMILES string of the molecule is CCC(CC)C(C)C.CS. The molecule has 0 bridgehead atoms. The van der Waals surface area contributed by atoms with Gasteiger partial charge in [0.25, 0.3) is 0 Å².